The number of hydrogen-bond acceptors (Lipinski definition) is 5. The van der Waals surface area contributed by atoms with Crippen molar-refractivity contribution in [3.63, 3.8) is 0 Å². The Morgan fingerprint density at radius 3 is 2.85 bits per heavy atom. The summed E-state index contributed by atoms with van der Waals surface area (Å²) in [6.45, 7) is 1.84. The Morgan fingerprint density at radius 1 is 1.45 bits per heavy atom. The SMILES string of the molecule is Cc1cccc(NC2SC(=O)N(CCC(=O)O)C2=O)c1. The molecule has 1 fully saturated rings. The van der Waals surface area contributed by atoms with Crippen LogP contribution >= 0.6 is 11.8 Å². The van der Waals surface area contributed by atoms with Gasteiger partial charge in [-0.05, 0) is 36.4 Å². The smallest absolute Gasteiger partial charge is 0.305 e. The van der Waals surface area contributed by atoms with Crippen molar-refractivity contribution in [1.29, 1.82) is 0 Å². The van der Waals surface area contributed by atoms with Gasteiger partial charge in [0.2, 0.25) is 0 Å². The quantitative estimate of drug-likeness (QED) is 0.862. The van der Waals surface area contributed by atoms with Gasteiger partial charge in [-0.25, -0.2) is 0 Å². The Kier molecular flexibility index (Phi) is 4.29. The normalized spacial score (nSPS) is 18.4. The third-order valence-electron chi connectivity index (χ3n) is 2.79. The van der Waals surface area contributed by atoms with E-state index >= 15 is 0 Å². The van der Waals surface area contributed by atoms with Crippen molar-refractivity contribution in [2.45, 2.75) is 18.7 Å². The Labute approximate surface area is 120 Å². The molecule has 20 heavy (non-hydrogen) atoms. The van der Waals surface area contributed by atoms with Gasteiger partial charge in [-0.2, -0.15) is 0 Å². The molecule has 2 N–H and O–H groups in total. The number of rotatable bonds is 5. The van der Waals surface area contributed by atoms with Crippen LogP contribution in [0.25, 0.3) is 0 Å². The van der Waals surface area contributed by atoms with Crippen molar-refractivity contribution in [3.05, 3.63) is 29.8 Å². The Balaban J connectivity index is 2.02. The average molecular weight is 294 g/mol. The lowest BCUT2D eigenvalue weighted by Gasteiger charge is -2.14. The van der Waals surface area contributed by atoms with E-state index < -0.39 is 22.5 Å². The van der Waals surface area contributed by atoms with Crippen molar-refractivity contribution in [1.82, 2.24) is 4.90 Å². The molecule has 1 aliphatic heterocycles. The third-order valence-corrected chi connectivity index (χ3v) is 3.77. The van der Waals surface area contributed by atoms with E-state index in [4.69, 9.17) is 5.11 Å². The van der Waals surface area contributed by atoms with Crippen LogP contribution in [-0.2, 0) is 9.59 Å². The van der Waals surface area contributed by atoms with Gasteiger partial charge in [-0.3, -0.25) is 19.3 Å². The topological polar surface area (TPSA) is 86.7 Å². The molecule has 1 aromatic carbocycles. The van der Waals surface area contributed by atoms with Crippen LogP contribution in [0, 0.1) is 6.92 Å². The molecular formula is C13H14N2O4S. The van der Waals surface area contributed by atoms with E-state index in [9.17, 15) is 14.4 Å². The summed E-state index contributed by atoms with van der Waals surface area (Å²) in [5.41, 5.74) is 1.79. The molecule has 0 aromatic heterocycles. The number of aryl methyl sites for hydroxylation is 1. The number of amides is 2. The van der Waals surface area contributed by atoms with Gasteiger partial charge in [0.15, 0.2) is 5.37 Å². The first kappa shape index (κ1) is 14.4. The van der Waals surface area contributed by atoms with Crippen LogP contribution in [0.4, 0.5) is 10.5 Å². The highest BCUT2D eigenvalue weighted by atomic mass is 32.2. The minimum absolute atomic E-state index is 0.0913. The van der Waals surface area contributed by atoms with Crippen molar-refractivity contribution in [2.75, 3.05) is 11.9 Å². The van der Waals surface area contributed by atoms with Crippen LogP contribution in [0.5, 0.6) is 0 Å². The van der Waals surface area contributed by atoms with Crippen molar-refractivity contribution in [3.8, 4) is 0 Å². The first-order chi connectivity index (χ1) is 9.47. The molecule has 7 heteroatoms. The zero-order valence-corrected chi connectivity index (χ0v) is 11.6. The molecule has 1 saturated heterocycles. The minimum Gasteiger partial charge on any atom is -0.481 e. The lowest BCUT2D eigenvalue weighted by atomic mass is 10.2. The summed E-state index contributed by atoms with van der Waals surface area (Å²) >= 11 is 0.868. The maximum atomic E-state index is 12.0. The van der Waals surface area contributed by atoms with Crippen LogP contribution in [0.2, 0.25) is 0 Å². The number of nitrogens with zero attached hydrogens (tertiary/aromatic N) is 1. The van der Waals surface area contributed by atoms with E-state index in [-0.39, 0.29) is 13.0 Å². The van der Waals surface area contributed by atoms with Gasteiger partial charge in [0.1, 0.15) is 0 Å². The van der Waals surface area contributed by atoms with Crippen LogP contribution in [0.1, 0.15) is 12.0 Å². The standard InChI is InChI=1S/C13H14N2O4S/c1-8-3-2-4-9(7-8)14-11-12(18)15(13(19)20-11)6-5-10(16)17/h2-4,7,11,14H,5-6H2,1H3,(H,16,17). The second kappa shape index (κ2) is 5.96. The highest BCUT2D eigenvalue weighted by Gasteiger charge is 2.39. The van der Waals surface area contributed by atoms with Crippen LogP contribution < -0.4 is 5.32 Å². The number of hydrogen-bond donors (Lipinski definition) is 2. The number of nitrogens with one attached hydrogen (secondary N) is 1. The van der Waals surface area contributed by atoms with Crippen LogP contribution in [0.15, 0.2) is 24.3 Å². The highest BCUT2D eigenvalue weighted by molar-refractivity contribution is 8.15. The number of carbonyl (C=O) groups excluding carboxylic acids is 2. The summed E-state index contributed by atoms with van der Waals surface area (Å²) in [4.78, 5) is 35.2. The molecule has 2 amide bonds. The zero-order chi connectivity index (χ0) is 14.7. The molecule has 1 heterocycles. The molecule has 0 bridgehead atoms. The molecule has 0 saturated carbocycles. The predicted molar refractivity (Wildman–Crippen MR) is 75.5 cm³/mol. The Morgan fingerprint density at radius 2 is 2.20 bits per heavy atom. The number of carboxylic acids is 1. The molecule has 0 radical (unpaired) electrons. The number of imide groups is 1. The number of anilines is 1. The molecule has 0 aliphatic carbocycles. The van der Waals surface area contributed by atoms with Crippen molar-refractivity contribution >= 4 is 34.6 Å². The second-order valence-corrected chi connectivity index (χ2v) is 5.47. The molecule has 0 spiro atoms. The van der Waals surface area contributed by atoms with E-state index in [1.165, 1.54) is 0 Å². The number of aliphatic carboxylic acids is 1. The van der Waals surface area contributed by atoms with E-state index in [0.29, 0.717) is 0 Å². The number of carbonyl (C=O) groups is 3. The maximum Gasteiger partial charge on any atom is 0.305 e. The molecule has 2 rings (SSSR count). The molecule has 106 valence electrons. The van der Waals surface area contributed by atoms with Gasteiger partial charge in [0.25, 0.3) is 11.1 Å². The van der Waals surface area contributed by atoms with Crippen LogP contribution in [-0.4, -0.2) is 39.0 Å². The summed E-state index contributed by atoms with van der Waals surface area (Å²) in [5, 5.41) is 10.5. The van der Waals surface area contributed by atoms with Gasteiger partial charge in [-0.15, -0.1) is 0 Å². The largest absolute Gasteiger partial charge is 0.481 e. The zero-order valence-electron chi connectivity index (χ0n) is 10.8. The second-order valence-electron chi connectivity index (χ2n) is 4.41. The van der Waals surface area contributed by atoms with E-state index in [2.05, 4.69) is 5.32 Å². The first-order valence-corrected chi connectivity index (χ1v) is 6.92. The molecule has 6 nitrogen and oxygen atoms in total. The van der Waals surface area contributed by atoms with E-state index in [0.717, 1.165) is 27.9 Å². The van der Waals surface area contributed by atoms with Crippen molar-refractivity contribution in [2.24, 2.45) is 0 Å². The van der Waals surface area contributed by atoms with Crippen LogP contribution in [0.3, 0.4) is 0 Å². The summed E-state index contributed by atoms with van der Waals surface area (Å²) in [6.07, 6.45) is -0.241. The number of thioether (sulfide) groups is 1. The summed E-state index contributed by atoms with van der Waals surface area (Å²) in [7, 11) is 0. The summed E-state index contributed by atoms with van der Waals surface area (Å²) < 4.78 is 0. The third kappa shape index (κ3) is 3.30. The highest BCUT2D eigenvalue weighted by Crippen LogP contribution is 2.28. The fourth-order valence-electron chi connectivity index (χ4n) is 1.83. The fraction of sp³-hybridized carbons (Fsp3) is 0.308. The minimum atomic E-state index is -1.04. The van der Waals surface area contributed by atoms with Gasteiger partial charge in [-0.1, -0.05) is 12.1 Å². The van der Waals surface area contributed by atoms with Gasteiger partial charge < -0.3 is 10.4 Å². The molecular weight excluding hydrogens is 280 g/mol. The number of benzene rings is 1. The molecule has 1 aliphatic rings. The van der Waals surface area contributed by atoms with Gasteiger partial charge >= 0.3 is 5.97 Å². The Bertz CT molecular complexity index is 561. The average Bonchev–Trinajstić information content (AvgIpc) is 2.62. The maximum absolute atomic E-state index is 12.0. The van der Waals surface area contributed by atoms with Crippen molar-refractivity contribution < 1.29 is 19.5 Å². The monoisotopic (exact) mass is 294 g/mol. The molecule has 1 atom stereocenters. The summed E-state index contributed by atoms with van der Waals surface area (Å²) in [5.74, 6) is -1.44. The lowest BCUT2D eigenvalue weighted by Crippen LogP contribution is -2.35. The predicted octanol–water partition coefficient (Wildman–Crippen LogP) is 1.90. The lowest BCUT2D eigenvalue weighted by molar-refractivity contribution is -0.137. The first-order valence-electron chi connectivity index (χ1n) is 6.04. The number of carboxylic acid groups (broad SMARTS) is 1. The Hall–Kier alpha value is -2.02. The molecule has 1 unspecified atom stereocenters. The van der Waals surface area contributed by atoms with Gasteiger partial charge in [0, 0.05) is 12.2 Å². The van der Waals surface area contributed by atoms with Gasteiger partial charge in [0.05, 0.1) is 6.42 Å². The summed E-state index contributed by atoms with van der Waals surface area (Å²) in [6, 6.07) is 7.47. The fourth-order valence-corrected chi connectivity index (χ4v) is 2.77. The molecule has 1 aromatic rings. The van der Waals surface area contributed by atoms with E-state index in [1.807, 2.05) is 31.2 Å². The van der Waals surface area contributed by atoms with E-state index in [1.54, 1.807) is 0 Å².